The van der Waals surface area contributed by atoms with Crippen LogP contribution >= 0.6 is 0 Å². The van der Waals surface area contributed by atoms with Gasteiger partial charge in [0.2, 0.25) is 0 Å². The molecule has 0 aliphatic heterocycles. The molecule has 0 aliphatic carbocycles. The zero-order valence-corrected chi connectivity index (χ0v) is 12.2. The number of fused-ring (bicyclic) bond motifs is 1. The monoisotopic (exact) mass is 337 g/mol. The third kappa shape index (κ3) is 3.07. The van der Waals surface area contributed by atoms with E-state index in [2.05, 4.69) is 4.72 Å². The maximum absolute atomic E-state index is 13.2. The molecule has 0 spiro atoms. The van der Waals surface area contributed by atoms with Crippen LogP contribution in [0.5, 0.6) is 0 Å². The first-order chi connectivity index (χ1) is 10.8. The van der Waals surface area contributed by atoms with Gasteiger partial charge in [-0.05, 0) is 36.4 Å². The molecule has 0 saturated carbocycles. The second kappa shape index (κ2) is 5.47. The van der Waals surface area contributed by atoms with Crippen molar-refractivity contribution in [3.05, 3.63) is 70.6 Å². The van der Waals surface area contributed by atoms with Gasteiger partial charge in [-0.1, -0.05) is 0 Å². The molecule has 0 aliphatic rings. The smallest absolute Gasteiger partial charge is 0.336 e. The zero-order chi connectivity index (χ0) is 16.6. The normalized spacial score (nSPS) is 11.6. The Morgan fingerprint density at radius 1 is 0.913 bits per heavy atom. The lowest BCUT2D eigenvalue weighted by Gasteiger charge is -2.09. The molecule has 1 N–H and O–H groups in total. The number of hydrogen-bond acceptors (Lipinski definition) is 4. The number of rotatable bonds is 3. The molecule has 0 fully saturated rings. The van der Waals surface area contributed by atoms with Gasteiger partial charge in [-0.2, -0.15) is 0 Å². The minimum Gasteiger partial charge on any atom is -0.423 e. The number of benzene rings is 2. The Hall–Kier alpha value is -2.74. The Balaban J connectivity index is 2.00. The molecule has 0 bridgehead atoms. The SMILES string of the molecule is O=c1ccc2cc(S(=O)(=O)Nc3ccc(F)c(F)c3)ccc2o1. The second-order valence-corrected chi connectivity index (χ2v) is 6.37. The highest BCUT2D eigenvalue weighted by molar-refractivity contribution is 7.92. The van der Waals surface area contributed by atoms with Crippen LogP contribution in [0.25, 0.3) is 11.0 Å². The number of halogens is 2. The van der Waals surface area contributed by atoms with Gasteiger partial charge < -0.3 is 4.42 Å². The molecule has 0 saturated heterocycles. The van der Waals surface area contributed by atoms with Gasteiger partial charge in [0.15, 0.2) is 11.6 Å². The molecule has 0 radical (unpaired) electrons. The number of nitrogens with one attached hydrogen (secondary N) is 1. The molecule has 1 aromatic heterocycles. The van der Waals surface area contributed by atoms with Crippen LogP contribution in [-0.4, -0.2) is 8.42 Å². The fraction of sp³-hybridized carbons (Fsp3) is 0. The first-order valence-electron chi connectivity index (χ1n) is 6.37. The van der Waals surface area contributed by atoms with Crippen molar-refractivity contribution in [2.45, 2.75) is 4.90 Å². The molecule has 1 heterocycles. The Morgan fingerprint density at radius 3 is 2.43 bits per heavy atom. The predicted octanol–water partition coefficient (Wildman–Crippen LogP) is 2.87. The van der Waals surface area contributed by atoms with E-state index in [0.717, 1.165) is 18.2 Å². The number of hydrogen-bond donors (Lipinski definition) is 1. The fourth-order valence-corrected chi connectivity index (χ4v) is 3.08. The van der Waals surface area contributed by atoms with Crippen LogP contribution in [0.2, 0.25) is 0 Å². The largest absolute Gasteiger partial charge is 0.423 e. The van der Waals surface area contributed by atoms with E-state index in [-0.39, 0.29) is 16.2 Å². The van der Waals surface area contributed by atoms with Gasteiger partial charge in [0.25, 0.3) is 10.0 Å². The average molecular weight is 337 g/mol. The minimum absolute atomic E-state index is 0.108. The van der Waals surface area contributed by atoms with Gasteiger partial charge in [0, 0.05) is 17.5 Å². The Morgan fingerprint density at radius 2 is 1.70 bits per heavy atom. The highest BCUT2D eigenvalue weighted by Crippen LogP contribution is 2.21. The van der Waals surface area contributed by atoms with Gasteiger partial charge in [0.05, 0.1) is 10.6 Å². The summed E-state index contributed by atoms with van der Waals surface area (Å²) in [5.41, 5.74) is -0.416. The highest BCUT2D eigenvalue weighted by atomic mass is 32.2. The van der Waals surface area contributed by atoms with Crippen molar-refractivity contribution in [3.8, 4) is 0 Å². The third-order valence-electron chi connectivity index (χ3n) is 3.07. The summed E-state index contributed by atoms with van der Waals surface area (Å²) in [7, 11) is -4.00. The van der Waals surface area contributed by atoms with Crippen LogP contribution in [0, 0.1) is 11.6 Å². The molecule has 2 aromatic carbocycles. The molecule has 8 heteroatoms. The molecule has 23 heavy (non-hydrogen) atoms. The standard InChI is InChI=1S/C15H9F2NO4S/c16-12-4-2-10(8-13(12)17)18-23(20,21)11-3-5-14-9(7-11)1-6-15(19)22-14/h1-8,18H. The van der Waals surface area contributed by atoms with Crippen molar-refractivity contribution in [1.82, 2.24) is 0 Å². The molecule has 0 amide bonds. The van der Waals surface area contributed by atoms with Crippen LogP contribution in [0.15, 0.2) is 62.6 Å². The first-order valence-corrected chi connectivity index (χ1v) is 7.85. The molecular weight excluding hydrogens is 328 g/mol. The van der Waals surface area contributed by atoms with Crippen molar-refractivity contribution >= 4 is 26.7 Å². The van der Waals surface area contributed by atoms with Crippen LogP contribution < -0.4 is 10.3 Å². The van der Waals surface area contributed by atoms with Gasteiger partial charge in [-0.15, -0.1) is 0 Å². The summed E-state index contributed by atoms with van der Waals surface area (Å²) in [6.45, 7) is 0. The number of anilines is 1. The quantitative estimate of drug-likeness (QED) is 0.746. The van der Waals surface area contributed by atoms with Gasteiger partial charge in [-0.25, -0.2) is 22.0 Å². The Labute approximate surface area is 129 Å². The zero-order valence-electron chi connectivity index (χ0n) is 11.4. The van der Waals surface area contributed by atoms with E-state index in [9.17, 15) is 22.0 Å². The average Bonchev–Trinajstić information content (AvgIpc) is 2.50. The molecule has 0 unspecified atom stereocenters. The van der Waals surface area contributed by atoms with E-state index in [1.807, 2.05) is 0 Å². The Bertz CT molecular complexity index is 1060. The lowest BCUT2D eigenvalue weighted by Crippen LogP contribution is -2.13. The molecular formula is C15H9F2NO4S. The molecule has 3 aromatic rings. The van der Waals surface area contributed by atoms with E-state index in [0.29, 0.717) is 5.39 Å². The van der Waals surface area contributed by atoms with E-state index in [4.69, 9.17) is 4.42 Å². The molecule has 5 nitrogen and oxygen atoms in total. The summed E-state index contributed by atoms with van der Waals surface area (Å²) >= 11 is 0. The van der Waals surface area contributed by atoms with Crippen LogP contribution in [-0.2, 0) is 10.0 Å². The summed E-state index contributed by atoms with van der Waals surface area (Å²) < 4.78 is 57.7. The first kappa shape index (κ1) is 15.2. The van der Waals surface area contributed by atoms with E-state index >= 15 is 0 Å². The van der Waals surface area contributed by atoms with Crippen molar-refractivity contribution in [3.63, 3.8) is 0 Å². The molecule has 3 rings (SSSR count). The van der Waals surface area contributed by atoms with Crippen LogP contribution in [0.4, 0.5) is 14.5 Å². The maximum atomic E-state index is 13.2. The van der Waals surface area contributed by atoms with E-state index in [1.165, 1.54) is 30.3 Å². The lowest BCUT2D eigenvalue weighted by atomic mass is 10.2. The summed E-state index contributed by atoms with van der Waals surface area (Å²) in [4.78, 5) is 11.0. The highest BCUT2D eigenvalue weighted by Gasteiger charge is 2.16. The topological polar surface area (TPSA) is 76.4 Å². The fourth-order valence-electron chi connectivity index (χ4n) is 1.99. The van der Waals surface area contributed by atoms with E-state index in [1.54, 1.807) is 0 Å². The predicted molar refractivity (Wildman–Crippen MR) is 79.7 cm³/mol. The third-order valence-corrected chi connectivity index (χ3v) is 4.45. The van der Waals surface area contributed by atoms with Crippen molar-refractivity contribution in [1.29, 1.82) is 0 Å². The Kier molecular flexibility index (Phi) is 3.61. The minimum atomic E-state index is -4.00. The van der Waals surface area contributed by atoms with Gasteiger partial charge in [0.1, 0.15) is 5.58 Å². The van der Waals surface area contributed by atoms with Gasteiger partial charge >= 0.3 is 5.63 Å². The summed E-state index contributed by atoms with van der Waals surface area (Å²) in [5.74, 6) is -2.24. The number of sulfonamides is 1. The van der Waals surface area contributed by atoms with Crippen molar-refractivity contribution in [2.24, 2.45) is 0 Å². The van der Waals surface area contributed by atoms with Crippen LogP contribution in [0.1, 0.15) is 0 Å². The summed E-state index contributed by atoms with van der Waals surface area (Å²) in [6.07, 6.45) is 0. The summed E-state index contributed by atoms with van der Waals surface area (Å²) in [5, 5.41) is 0.415. The lowest BCUT2D eigenvalue weighted by molar-refractivity contribution is 0.509. The summed E-state index contributed by atoms with van der Waals surface area (Å²) in [6, 6.07) is 9.16. The molecule has 118 valence electrons. The second-order valence-electron chi connectivity index (χ2n) is 4.69. The van der Waals surface area contributed by atoms with Crippen LogP contribution in [0.3, 0.4) is 0 Å². The van der Waals surface area contributed by atoms with E-state index < -0.39 is 27.3 Å². The van der Waals surface area contributed by atoms with Crippen molar-refractivity contribution in [2.75, 3.05) is 4.72 Å². The van der Waals surface area contributed by atoms with Gasteiger partial charge in [-0.3, -0.25) is 4.72 Å². The molecule has 0 atom stereocenters. The van der Waals surface area contributed by atoms with Crippen molar-refractivity contribution < 1.29 is 21.6 Å². The maximum Gasteiger partial charge on any atom is 0.336 e.